The van der Waals surface area contributed by atoms with E-state index in [9.17, 15) is 0 Å². The summed E-state index contributed by atoms with van der Waals surface area (Å²) in [7, 11) is 0. The minimum Gasteiger partial charge on any atom is -0.380 e. The summed E-state index contributed by atoms with van der Waals surface area (Å²) in [5.74, 6) is 0. The third kappa shape index (κ3) is 4.82. The maximum Gasteiger partial charge on any atom is 0.0642 e. The van der Waals surface area contributed by atoms with Crippen LogP contribution in [-0.4, -0.2) is 46.1 Å². The lowest BCUT2D eigenvalue weighted by atomic mass is 10.2. The molecule has 0 spiro atoms. The van der Waals surface area contributed by atoms with Crippen LogP contribution in [0.4, 0.5) is 5.69 Å². The van der Waals surface area contributed by atoms with E-state index in [1.165, 1.54) is 11.3 Å². The van der Waals surface area contributed by atoms with Crippen LogP contribution < -0.4 is 10.2 Å². The van der Waals surface area contributed by atoms with Crippen LogP contribution >= 0.6 is 0 Å². The predicted molar refractivity (Wildman–Crippen MR) is 77.7 cm³/mol. The van der Waals surface area contributed by atoms with Crippen molar-refractivity contribution in [2.45, 2.75) is 13.5 Å². The zero-order chi connectivity index (χ0) is 13.3. The molecule has 106 valence electrons. The fourth-order valence-corrected chi connectivity index (χ4v) is 2.17. The molecular weight excluding hydrogens is 240 g/mol. The first-order valence-electron chi connectivity index (χ1n) is 7.10. The minimum absolute atomic E-state index is 0.780. The third-order valence-corrected chi connectivity index (χ3v) is 3.27. The van der Waals surface area contributed by atoms with E-state index in [0.717, 1.165) is 52.6 Å². The molecule has 0 aromatic heterocycles. The summed E-state index contributed by atoms with van der Waals surface area (Å²) < 4.78 is 10.7. The predicted octanol–water partition coefficient (Wildman–Crippen LogP) is 1.65. The summed E-state index contributed by atoms with van der Waals surface area (Å²) >= 11 is 0. The molecule has 1 aromatic rings. The molecule has 1 aromatic carbocycles. The van der Waals surface area contributed by atoms with Gasteiger partial charge in [-0.1, -0.05) is 12.1 Å². The Morgan fingerprint density at radius 3 is 2.63 bits per heavy atom. The quantitative estimate of drug-likeness (QED) is 0.759. The molecule has 1 aliphatic rings. The van der Waals surface area contributed by atoms with Crippen molar-refractivity contribution < 1.29 is 9.47 Å². The minimum atomic E-state index is 0.780. The molecule has 4 heteroatoms. The second-order valence-electron chi connectivity index (χ2n) is 4.64. The van der Waals surface area contributed by atoms with E-state index < -0.39 is 0 Å². The van der Waals surface area contributed by atoms with Gasteiger partial charge in [-0.05, 0) is 24.6 Å². The van der Waals surface area contributed by atoms with E-state index in [2.05, 4.69) is 34.5 Å². The molecule has 19 heavy (non-hydrogen) atoms. The van der Waals surface area contributed by atoms with Crippen LogP contribution in [0.15, 0.2) is 24.3 Å². The van der Waals surface area contributed by atoms with Crippen molar-refractivity contribution in [3.05, 3.63) is 29.8 Å². The molecule has 0 saturated carbocycles. The Labute approximate surface area is 115 Å². The van der Waals surface area contributed by atoms with Crippen LogP contribution in [0.3, 0.4) is 0 Å². The topological polar surface area (TPSA) is 33.7 Å². The van der Waals surface area contributed by atoms with Gasteiger partial charge in [0.05, 0.1) is 19.8 Å². The number of rotatable bonds is 7. The molecule has 2 rings (SSSR count). The van der Waals surface area contributed by atoms with E-state index >= 15 is 0 Å². The lowest BCUT2D eigenvalue weighted by Crippen LogP contribution is -2.36. The normalized spacial score (nSPS) is 15.7. The molecule has 0 amide bonds. The van der Waals surface area contributed by atoms with Crippen molar-refractivity contribution in [1.82, 2.24) is 5.32 Å². The van der Waals surface area contributed by atoms with Gasteiger partial charge >= 0.3 is 0 Å². The first-order valence-corrected chi connectivity index (χ1v) is 7.10. The van der Waals surface area contributed by atoms with Crippen LogP contribution in [0, 0.1) is 0 Å². The molecule has 1 N–H and O–H groups in total. The van der Waals surface area contributed by atoms with Crippen LogP contribution in [0.2, 0.25) is 0 Å². The molecule has 0 radical (unpaired) electrons. The first kappa shape index (κ1) is 14.3. The number of nitrogens with zero attached hydrogens (tertiary/aromatic N) is 1. The Hall–Kier alpha value is -1.10. The van der Waals surface area contributed by atoms with Crippen LogP contribution in [0.5, 0.6) is 0 Å². The Bertz CT molecular complexity index is 348. The second kappa shape index (κ2) is 8.15. The van der Waals surface area contributed by atoms with Gasteiger partial charge in [0.15, 0.2) is 0 Å². The number of hydrogen-bond acceptors (Lipinski definition) is 4. The van der Waals surface area contributed by atoms with E-state index in [1.807, 2.05) is 6.92 Å². The molecule has 0 unspecified atom stereocenters. The average Bonchev–Trinajstić information content (AvgIpc) is 2.49. The summed E-state index contributed by atoms with van der Waals surface area (Å²) in [6.45, 7) is 9.04. The number of benzene rings is 1. The van der Waals surface area contributed by atoms with E-state index in [4.69, 9.17) is 9.47 Å². The molecule has 4 nitrogen and oxygen atoms in total. The number of nitrogens with one attached hydrogen (secondary N) is 1. The largest absolute Gasteiger partial charge is 0.380 e. The highest BCUT2D eigenvalue weighted by atomic mass is 16.5. The Morgan fingerprint density at radius 1 is 1.21 bits per heavy atom. The smallest absolute Gasteiger partial charge is 0.0642 e. The number of morpholine rings is 1. The standard InChI is InChI=1S/C15H24N2O2/c1-2-18-10-7-16-13-14-3-5-15(6-4-14)17-8-11-19-12-9-17/h3-6,16H,2,7-13H2,1H3. The number of ether oxygens (including phenoxy) is 2. The highest BCUT2D eigenvalue weighted by molar-refractivity contribution is 5.47. The van der Waals surface area contributed by atoms with Crippen molar-refractivity contribution in [1.29, 1.82) is 0 Å². The van der Waals surface area contributed by atoms with Gasteiger partial charge in [0.1, 0.15) is 0 Å². The van der Waals surface area contributed by atoms with Gasteiger partial charge in [-0.15, -0.1) is 0 Å². The second-order valence-corrected chi connectivity index (χ2v) is 4.64. The fraction of sp³-hybridized carbons (Fsp3) is 0.600. The van der Waals surface area contributed by atoms with Crippen LogP contribution in [0.1, 0.15) is 12.5 Å². The van der Waals surface area contributed by atoms with Crippen molar-refractivity contribution in [3.8, 4) is 0 Å². The summed E-state index contributed by atoms with van der Waals surface area (Å²) in [6.07, 6.45) is 0. The van der Waals surface area contributed by atoms with Gasteiger partial charge in [-0.3, -0.25) is 0 Å². The molecule has 1 heterocycles. The zero-order valence-electron chi connectivity index (χ0n) is 11.7. The van der Waals surface area contributed by atoms with Gasteiger partial charge in [0.25, 0.3) is 0 Å². The summed E-state index contributed by atoms with van der Waals surface area (Å²) in [6, 6.07) is 8.78. The molecule has 1 saturated heterocycles. The van der Waals surface area contributed by atoms with E-state index in [-0.39, 0.29) is 0 Å². The van der Waals surface area contributed by atoms with Gasteiger partial charge < -0.3 is 19.7 Å². The van der Waals surface area contributed by atoms with E-state index in [0.29, 0.717) is 0 Å². The maximum atomic E-state index is 5.37. The molecule has 0 bridgehead atoms. The highest BCUT2D eigenvalue weighted by Gasteiger charge is 2.10. The van der Waals surface area contributed by atoms with Gasteiger partial charge in [-0.25, -0.2) is 0 Å². The Kier molecular flexibility index (Phi) is 6.14. The average molecular weight is 264 g/mol. The van der Waals surface area contributed by atoms with Gasteiger partial charge in [-0.2, -0.15) is 0 Å². The third-order valence-electron chi connectivity index (χ3n) is 3.27. The van der Waals surface area contributed by atoms with Crippen molar-refractivity contribution >= 4 is 5.69 Å². The van der Waals surface area contributed by atoms with Crippen molar-refractivity contribution in [2.75, 3.05) is 51.0 Å². The first-order chi connectivity index (χ1) is 9.40. The lowest BCUT2D eigenvalue weighted by molar-refractivity contribution is 0.122. The molecule has 1 aliphatic heterocycles. The Balaban J connectivity index is 1.74. The number of anilines is 1. The van der Waals surface area contributed by atoms with Crippen molar-refractivity contribution in [3.63, 3.8) is 0 Å². The molecule has 0 atom stereocenters. The fourth-order valence-electron chi connectivity index (χ4n) is 2.17. The zero-order valence-corrected chi connectivity index (χ0v) is 11.7. The van der Waals surface area contributed by atoms with E-state index in [1.54, 1.807) is 0 Å². The monoisotopic (exact) mass is 264 g/mol. The van der Waals surface area contributed by atoms with Gasteiger partial charge in [0, 0.05) is 38.5 Å². The van der Waals surface area contributed by atoms with Crippen LogP contribution in [0.25, 0.3) is 0 Å². The van der Waals surface area contributed by atoms with Crippen molar-refractivity contribution in [2.24, 2.45) is 0 Å². The molecule has 0 aliphatic carbocycles. The lowest BCUT2D eigenvalue weighted by Gasteiger charge is -2.28. The van der Waals surface area contributed by atoms with Crippen LogP contribution in [-0.2, 0) is 16.0 Å². The molecule has 1 fully saturated rings. The summed E-state index contributed by atoms with van der Waals surface area (Å²) in [5.41, 5.74) is 2.61. The maximum absolute atomic E-state index is 5.37. The highest BCUT2D eigenvalue weighted by Crippen LogP contribution is 2.16. The Morgan fingerprint density at radius 2 is 1.95 bits per heavy atom. The SMILES string of the molecule is CCOCCNCc1ccc(N2CCOCC2)cc1. The summed E-state index contributed by atoms with van der Waals surface area (Å²) in [4.78, 5) is 2.37. The number of hydrogen-bond donors (Lipinski definition) is 1. The van der Waals surface area contributed by atoms with Gasteiger partial charge in [0.2, 0.25) is 0 Å². The molecular formula is C15H24N2O2. The summed E-state index contributed by atoms with van der Waals surface area (Å²) in [5, 5.41) is 3.38.